The molecule has 1 N–H and O–H groups in total. The van der Waals surface area contributed by atoms with Crippen molar-refractivity contribution in [1.29, 1.82) is 0 Å². The highest BCUT2D eigenvalue weighted by molar-refractivity contribution is 5.96. The number of aromatic nitrogens is 3. The van der Waals surface area contributed by atoms with E-state index in [0.29, 0.717) is 36.3 Å². The molecule has 31 heavy (non-hydrogen) atoms. The second-order valence-corrected chi connectivity index (χ2v) is 7.29. The summed E-state index contributed by atoms with van der Waals surface area (Å²) >= 11 is 0. The van der Waals surface area contributed by atoms with Gasteiger partial charge in [0.25, 0.3) is 11.5 Å². The van der Waals surface area contributed by atoms with Crippen LogP contribution in [0.2, 0.25) is 0 Å². The number of hydrogen-bond donors (Lipinski definition) is 1. The fraction of sp³-hybridized carbons (Fsp3) is 0.273. The van der Waals surface area contributed by atoms with Crippen molar-refractivity contribution in [2.45, 2.75) is 26.4 Å². The Bertz CT molecular complexity index is 1170. The SMILES string of the molecule is CCNC(=O)c1c2c(cn(-c3ccc(F)cc3)c1=O)CN(C(=O)Cn1cccn1)CC2. The molecule has 3 aromatic rings. The van der Waals surface area contributed by atoms with Crippen molar-refractivity contribution in [2.75, 3.05) is 13.1 Å². The van der Waals surface area contributed by atoms with Gasteiger partial charge in [-0.15, -0.1) is 0 Å². The van der Waals surface area contributed by atoms with E-state index in [4.69, 9.17) is 0 Å². The monoisotopic (exact) mass is 423 g/mol. The van der Waals surface area contributed by atoms with Crippen LogP contribution in [0.15, 0.2) is 53.7 Å². The maximum Gasteiger partial charge on any atom is 0.268 e. The predicted molar refractivity (Wildman–Crippen MR) is 111 cm³/mol. The van der Waals surface area contributed by atoms with Gasteiger partial charge in [-0.3, -0.25) is 23.6 Å². The third kappa shape index (κ3) is 4.11. The summed E-state index contributed by atoms with van der Waals surface area (Å²) in [5, 5.41) is 6.77. The summed E-state index contributed by atoms with van der Waals surface area (Å²) < 4.78 is 16.3. The molecule has 0 atom stereocenters. The van der Waals surface area contributed by atoms with Gasteiger partial charge in [-0.05, 0) is 54.8 Å². The first-order valence-corrected chi connectivity index (χ1v) is 10.0. The van der Waals surface area contributed by atoms with Crippen LogP contribution in [0.1, 0.15) is 28.4 Å². The van der Waals surface area contributed by atoms with Crippen LogP contribution in [0.4, 0.5) is 4.39 Å². The van der Waals surface area contributed by atoms with Crippen LogP contribution in [-0.2, 0) is 24.3 Å². The largest absolute Gasteiger partial charge is 0.352 e. The van der Waals surface area contributed by atoms with Crippen LogP contribution in [0.5, 0.6) is 0 Å². The molecule has 0 aliphatic carbocycles. The molecule has 1 aliphatic heterocycles. The first-order chi connectivity index (χ1) is 15.0. The molecule has 0 unspecified atom stereocenters. The summed E-state index contributed by atoms with van der Waals surface area (Å²) in [5.74, 6) is -0.973. The van der Waals surface area contributed by atoms with Crippen molar-refractivity contribution >= 4 is 11.8 Å². The van der Waals surface area contributed by atoms with Gasteiger partial charge >= 0.3 is 0 Å². The zero-order chi connectivity index (χ0) is 22.0. The second-order valence-electron chi connectivity index (χ2n) is 7.29. The minimum absolute atomic E-state index is 0.0721. The third-order valence-corrected chi connectivity index (χ3v) is 5.28. The number of hydrogen-bond acceptors (Lipinski definition) is 4. The highest BCUT2D eigenvalue weighted by atomic mass is 19.1. The van der Waals surface area contributed by atoms with Crippen LogP contribution in [0.25, 0.3) is 5.69 Å². The lowest BCUT2D eigenvalue weighted by Gasteiger charge is -2.30. The summed E-state index contributed by atoms with van der Waals surface area (Å²) in [6.07, 6.45) is 5.36. The molecule has 1 aliphatic rings. The van der Waals surface area contributed by atoms with E-state index in [1.807, 2.05) is 0 Å². The van der Waals surface area contributed by atoms with Crippen molar-refractivity contribution < 1.29 is 14.0 Å². The fourth-order valence-electron chi connectivity index (χ4n) is 3.78. The number of halogens is 1. The Hall–Kier alpha value is -3.75. The van der Waals surface area contributed by atoms with Gasteiger partial charge in [0.1, 0.15) is 17.9 Å². The molecule has 2 amide bonds. The summed E-state index contributed by atoms with van der Waals surface area (Å²) in [7, 11) is 0. The molecule has 1 aromatic carbocycles. The molecule has 0 spiro atoms. The highest BCUT2D eigenvalue weighted by Gasteiger charge is 2.28. The van der Waals surface area contributed by atoms with Gasteiger partial charge in [-0.1, -0.05) is 0 Å². The lowest BCUT2D eigenvalue weighted by molar-refractivity contribution is -0.133. The molecule has 2 aromatic heterocycles. The summed E-state index contributed by atoms with van der Waals surface area (Å²) in [5.41, 5.74) is 1.41. The van der Waals surface area contributed by atoms with E-state index in [-0.39, 0.29) is 24.6 Å². The van der Waals surface area contributed by atoms with Gasteiger partial charge in [0.05, 0.1) is 0 Å². The van der Waals surface area contributed by atoms with E-state index in [1.165, 1.54) is 28.8 Å². The normalized spacial score (nSPS) is 13.0. The van der Waals surface area contributed by atoms with Crippen molar-refractivity contribution in [3.63, 3.8) is 0 Å². The second kappa shape index (κ2) is 8.55. The number of nitrogens with one attached hydrogen (secondary N) is 1. The quantitative estimate of drug-likeness (QED) is 0.674. The third-order valence-electron chi connectivity index (χ3n) is 5.28. The van der Waals surface area contributed by atoms with Crippen molar-refractivity contribution in [1.82, 2.24) is 24.6 Å². The Labute approximate surface area is 177 Å². The van der Waals surface area contributed by atoms with Crippen LogP contribution < -0.4 is 10.9 Å². The maximum absolute atomic E-state index is 13.4. The Kier molecular flexibility index (Phi) is 5.66. The number of rotatable bonds is 5. The average molecular weight is 423 g/mol. The smallest absolute Gasteiger partial charge is 0.268 e. The molecule has 160 valence electrons. The van der Waals surface area contributed by atoms with Gasteiger partial charge in [0.15, 0.2) is 0 Å². The van der Waals surface area contributed by atoms with Crippen molar-refractivity contribution in [2.24, 2.45) is 0 Å². The topological polar surface area (TPSA) is 89.2 Å². The molecule has 9 heteroatoms. The van der Waals surface area contributed by atoms with Gasteiger partial charge in [0, 0.05) is 43.9 Å². The van der Waals surface area contributed by atoms with Crippen molar-refractivity contribution in [3.05, 3.63) is 81.8 Å². The number of nitrogens with zero attached hydrogens (tertiary/aromatic N) is 4. The molecular weight excluding hydrogens is 401 g/mol. The lowest BCUT2D eigenvalue weighted by atomic mass is 9.95. The molecule has 0 bridgehead atoms. The molecule has 0 radical (unpaired) electrons. The first-order valence-electron chi connectivity index (χ1n) is 10.0. The van der Waals surface area contributed by atoms with Crippen LogP contribution in [-0.4, -0.2) is 44.2 Å². The molecule has 4 rings (SSSR count). The number of amides is 2. The van der Waals surface area contributed by atoms with Gasteiger partial charge < -0.3 is 10.2 Å². The van der Waals surface area contributed by atoms with E-state index in [9.17, 15) is 18.8 Å². The van der Waals surface area contributed by atoms with E-state index in [1.54, 1.807) is 41.2 Å². The Morgan fingerprint density at radius 1 is 1.23 bits per heavy atom. The zero-order valence-electron chi connectivity index (χ0n) is 17.0. The molecular formula is C22H22FN5O3. The standard InChI is InChI=1S/C22H22FN5O3/c1-2-24-21(30)20-18-8-11-26(19(29)14-27-10-3-9-25-27)12-15(18)13-28(22(20)31)17-6-4-16(23)5-7-17/h3-7,9-10,13H,2,8,11-12,14H2,1H3,(H,24,30). The average Bonchev–Trinajstić information content (AvgIpc) is 3.27. The predicted octanol–water partition coefficient (Wildman–Crippen LogP) is 1.51. The first kappa shape index (κ1) is 20.5. The maximum atomic E-state index is 13.4. The lowest BCUT2D eigenvalue weighted by Crippen LogP contribution is -2.42. The minimum atomic E-state index is -0.465. The minimum Gasteiger partial charge on any atom is -0.352 e. The number of pyridine rings is 1. The van der Waals surface area contributed by atoms with Crippen LogP contribution >= 0.6 is 0 Å². The van der Waals surface area contributed by atoms with E-state index in [2.05, 4.69) is 10.4 Å². The molecule has 0 saturated carbocycles. The zero-order valence-corrected chi connectivity index (χ0v) is 17.0. The summed E-state index contributed by atoms with van der Waals surface area (Å²) in [4.78, 5) is 40.3. The van der Waals surface area contributed by atoms with Crippen LogP contribution in [0, 0.1) is 5.82 Å². The Morgan fingerprint density at radius 2 is 2.00 bits per heavy atom. The molecule has 3 heterocycles. The van der Waals surface area contributed by atoms with Gasteiger partial charge in [-0.25, -0.2) is 4.39 Å². The molecule has 0 fully saturated rings. The number of carbonyl (C=O) groups excluding carboxylic acids is 2. The fourth-order valence-corrected chi connectivity index (χ4v) is 3.78. The summed E-state index contributed by atoms with van der Waals surface area (Å²) in [6.45, 7) is 2.94. The molecule has 0 saturated heterocycles. The summed E-state index contributed by atoms with van der Waals surface area (Å²) in [6, 6.07) is 7.22. The van der Waals surface area contributed by atoms with Crippen molar-refractivity contribution in [3.8, 4) is 5.69 Å². The van der Waals surface area contributed by atoms with Gasteiger partial charge in [0.2, 0.25) is 5.91 Å². The molecule has 8 nitrogen and oxygen atoms in total. The van der Waals surface area contributed by atoms with E-state index in [0.717, 1.165) is 0 Å². The number of fused-ring (bicyclic) bond motifs is 1. The van der Waals surface area contributed by atoms with Gasteiger partial charge in [-0.2, -0.15) is 5.10 Å². The van der Waals surface area contributed by atoms with Crippen LogP contribution in [0.3, 0.4) is 0 Å². The Morgan fingerprint density at radius 3 is 2.68 bits per heavy atom. The number of carbonyl (C=O) groups is 2. The number of benzene rings is 1. The highest BCUT2D eigenvalue weighted by Crippen LogP contribution is 2.22. The van der Waals surface area contributed by atoms with E-state index >= 15 is 0 Å². The Balaban J connectivity index is 1.74. The van der Waals surface area contributed by atoms with E-state index < -0.39 is 17.3 Å².